The van der Waals surface area contributed by atoms with Gasteiger partial charge in [0.05, 0.1) is 39.4 Å². The second kappa shape index (κ2) is 5.14. The Hall–Kier alpha value is -1.95. The zero-order valence-electron chi connectivity index (χ0n) is 10.3. The summed E-state index contributed by atoms with van der Waals surface area (Å²) < 4.78 is 0. The molecule has 1 aliphatic rings. The number of phenols is 3. The van der Waals surface area contributed by atoms with E-state index in [9.17, 15) is 15.3 Å². The lowest BCUT2D eigenvalue weighted by Gasteiger charge is -2.27. The first-order chi connectivity index (χ1) is 8.58. The molecular weight excluding hydrogens is 234 g/mol. The van der Waals surface area contributed by atoms with Crippen LogP contribution in [0.4, 0.5) is 0 Å². The smallest absolute Gasteiger partial charge is 0.200 e. The third-order valence-electron chi connectivity index (χ3n) is 3.11. The zero-order chi connectivity index (χ0) is 13.1. The Morgan fingerprint density at radius 1 is 1.17 bits per heavy atom. The number of rotatable bonds is 2. The molecule has 1 saturated heterocycles. The Bertz CT molecular complexity index is 454. The monoisotopic (exact) mass is 252 g/mol. The van der Waals surface area contributed by atoms with Crippen molar-refractivity contribution in [1.29, 1.82) is 0 Å². The number of hydrogen-bond donors (Lipinski definition) is 4. The Labute approximate surface area is 105 Å². The van der Waals surface area contributed by atoms with Crippen molar-refractivity contribution in [2.24, 2.45) is 5.10 Å². The predicted octanol–water partition coefficient (Wildman–Crippen LogP) is -1.03. The van der Waals surface area contributed by atoms with Crippen molar-refractivity contribution in [3.05, 3.63) is 17.7 Å². The first-order valence-electron chi connectivity index (χ1n) is 5.92. The van der Waals surface area contributed by atoms with Crippen molar-refractivity contribution in [1.82, 2.24) is 5.01 Å². The Kier molecular flexibility index (Phi) is 3.57. The van der Waals surface area contributed by atoms with Crippen LogP contribution in [0, 0.1) is 0 Å². The second-order valence-electron chi connectivity index (χ2n) is 4.53. The van der Waals surface area contributed by atoms with Gasteiger partial charge < -0.3 is 20.2 Å². The van der Waals surface area contributed by atoms with Gasteiger partial charge in [-0.1, -0.05) is 0 Å². The molecule has 1 aliphatic heterocycles. The van der Waals surface area contributed by atoms with Crippen molar-refractivity contribution in [2.75, 3.05) is 33.2 Å². The third-order valence-corrected chi connectivity index (χ3v) is 3.11. The average molecular weight is 252 g/mol. The number of nitrogens with one attached hydrogen (secondary N) is 1. The summed E-state index contributed by atoms with van der Waals surface area (Å²) in [6, 6.07) is 2.83. The molecule has 2 rings (SSSR count). The van der Waals surface area contributed by atoms with Crippen molar-refractivity contribution in [2.45, 2.75) is 0 Å². The number of likely N-dealkylation sites (N-methyl/N-ethyl adjacent to an activating group) is 1. The summed E-state index contributed by atoms with van der Waals surface area (Å²) in [4.78, 5) is 1.48. The summed E-state index contributed by atoms with van der Waals surface area (Å²) in [7, 11) is 2.14. The first-order valence-corrected chi connectivity index (χ1v) is 5.92. The van der Waals surface area contributed by atoms with Gasteiger partial charge in [0.15, 0.2) is 11.5 Å². The topological polar surface area (TPSA) is 80.7 Å². The highest BCUT2D eigenvalue weighted by Gasteiger charge is 2.15. The molecule has 0 bridgehead atoms. The molecule has 18 heavy (non-hydrogen) atoms. The second-order valence-corrected chi connectivity index (χ2v) is 4.53. The number of phenolic OH excluding ortho intramolecular Hbond substituents is 3. The van der Waals surface area contributed by atoms with E-state index in [0.717, 1.165) is 26.2 Å². The molecule has 0 amide bonds. The molecule has 1 heterocycles. The highest BCUT2D eigenvalue weighted by molar-refractivity contribution is 5.85. The van der Waals surface area contributed by atoms with Crippen LogP contribution in [0.2, 0.25) is 0 Å². The van der Waals surface area contributed by atoms with Gasteiger partial charge in [-0.3, -0.25) is 5.01 Å². The Balaban J connectivity index is 2.07. The number of nitrogens with zero attached hydrogens (tertiary/aromatic N) is 2. The first kappa shape index (κ1) is 12.5. The van der Waals surface area contributed by atoms with Crippen LogP contribution >= 0.6 is 0 Å². The largest absolute Gasteiger partial charge is 0.504 e. The molecule has 0 spiro atoms. The highest BCUT2D eigenvalue weighted by Crippen LogP contribution is 2.36. The summed E-state index contributed by atoms with van der Waals surface area (Å²) >= 11 is 0. The maximum atomic E-state index is 9.63. The van der Waals surface area contributed by atoms with Crippen molar-refractivity contribution < 1.29 is 20.2 Å². The van der Waals surface area contributed by atoms with E-state index in [4.69, 9.17) is 0 Å². The number of benzene rings is 1. The fourth-order valence-electron chi connectivity index (χ4n) is 1.82. The van der Waals surface area contributed by atoms with Gasteiger partial charge in [-0.2, -0.15) is 5.10 Å². The lowest BCUT2D eigenvalue weighted by Crippen LogP contribution is -3.11. The average Bonchev–Trinajstić information content (AvgIpc) is 2.37. The molecule has 1 aromatic carbocycles. The van der Waals surface area contributed by atoms with Crippen LogP contribution in [0.15, 0.2) is 17.2 Å². The van der Waals surface area contributed by atoms with E-state index in [1.54, 1.807) is 0 Å². The van der Waals surface area contributed by atoms with Gasteiger partial charge in [-0.25, -0.2) is 0 Å². The molecule has 0 atom stereocenters. The molecule has 1 aromatic rings. The summed E-state index contributed by atoms with van der Waals surface area (Å²) in [6.45, 7) is 3.80. The molecule has 0 unspecified atom stereocenters. The lowest BCUT2D eigenvalue weighted by molar-refractivity contribution is -0.884. The number of piperazine rings is 1. The minimum absolute atomic E-state index is 0.340. The fourth-order valence-corrected chi connectivity index (χ4v) is 1.82. The van der Waals surface area contributed by atoms with E-state index < -0.39 is 5.75 Å². The van der Waals surface area contributed by atoms with Gasteiger partial charge >= 0.3 is 0 Å². The van der Waals surface area contributed by atoms with Gasteiger partial charge in [-0.15, -0.1) is 0 Å². The molecule has 4 N–H and O–H groups in total. The number of aromatic hydroxyl groups is 3. The van der Waals surface area contributed by atoms with E-state index in [0.29, 0.717) is 5.56 Å². The lowest BCUT2D eigenvalue weighted by atomic mass is 10.2. The van der Waals surface area contributed by atoms with E-state index in [-0.39, 0.29) is 11.5 Å². The molecule has 0 aliphatic carbocycles. The van der Waals surface area contributed by atoms with Crippen LogP contribution in [0.5, 0.6) is 17.2 Å². The minimum Gasteiger partial charge on any atom is -0.504 e. The summed E-state index contributed by atoms with van der Waals surface area (Å²) in [5.41, 5.74) is 0.386. The van der Waals surface area contributed by atoms with Gasteiger partial charge in [0, 0.05) is 5.56 Å². The fraction of sp³-hybridized carbons (Fsp3) is 0.417. The quantitative estimate of drug-likeness (QED) is 0.401. The molecule has 0 aromatic heterocycles. The van der Waals surface area contributed by atoms with Crippen LogP contribution in [0.1, 0.15) is 5.56 Å². The summed E-state index contributed by atoms with van der Waals surface area (Å²) in [5.74, 6) is -1.20. The van der Waals surface area contributed by atoms with E-state index in [1.807, 2.05) is 5.01 Å². The molecule has 0 radical (unpaired) electrons. The summed E-state index contributed by atoms with van der Waals surface area (Å²) in [6.07, 6.45) is 1.50. The van der Waals surface area contributed by atoms with Gasteiger partial charge in [0.1, 0.15) is 0 Å². The van der Waals surface area contributed by atoms with Crippen molar-refractivity contribution >= 4 is 6.21 Å². The van der Waals surface area contributed by atoms with Crippen molar-refractivity contribution in [3.63, 3.8) is 0 Å². The number of hydrazone groups is 1. The maximum Gasteiger partial charge on any atom is 0.200 e. The van der Waals surface area contributed by atoms with Crippen LogP contribution in [0.25, 0.3) is 0 Å². The highest BCUT2D eigenvalue weighted by atomic mass is 16.3. The molecule has 0 saturated carbocycles. The molecule has 6 nitrogen and oxygen atoms in total. The van der Waals surface area contributed by atoms with E-state index in [2.05, 4.69) is 12.1 Å². The van der Waals surface area contributed by atoms with Crippen LogP contribution in [0.3, 0.4) is 0 Å². The van der Waals surface area contributed by atoms with Gasteiger partial charge in [0.25, 0.3) is 0 Å². The molecule has 98 valence electrons. The van der Waals surface area contributed by atoms with Crippen LogP contribution in [-0.4, -0.2) is 59.8 Å². The Morgan fingerprint density at radius 3 is 2.50 bits per heavy atom. The SMILES string of the molecule is C[NH+]1CCN(/N=C/c2ccc(O)c(O)c2O)CC1. The van der Waals surface area contributed by atoms with E-state index >= 15 is 0 Å². The van der Waals surface area contributed by atoms with Crippen LogP contribution < -0.4 is 4.90 Å². The Morgan fingerprint density at radius 2 is 1.83 bits per heavy atom. The number of quaternary nitrogens is 1. The normalized spacial score (nSPS) is 17.5. The number of hydrogen-bond acceptors (Lipinski definition) is 5. The molecule has 6 heteroatoms. The molecule has 1 fully saturated rings. The van der Waals surface area contributed by atoms with Gasteiger partial charge in [0.2, 0.25) is 5.75 Å². The third kappa shape index (κ3) is 2.65. The zero-order valence-corrected chi connectivity index (χ0v) is 10.3. The van der Waals surface area contributed by atoms with Gasteiger partial charge in [-0.05, 0) is 12.1 Å². The summed E-state index contributed by atoms with van der Waals surface area (Å²) in [5, 5.41) is 34.4. The van der Waals surface area contributed by atoms with Crippen LogP contribution in [-0.2, 0) is 0 Å². The van der Waals surface area contributed by atoms with E-state index in [1.165, 1.54) is 23.2 Å². The van der Waals surface area contributed by atoms with Crippen molar-refractivity contribution in [3.8, 4) is 17.2 Å². The standard InChI is InChI=1S/C12H17N3O3/c1-14-4-6-15(7-5-14)13-8-9-2-3-10(16)12(18)11(9)17/h2-3,8,16-18H,4-7H2,1H3/p+1/b13-8+. The minimum atomic E-state index is -0.512. The maximum absolute atomic E-state index is 9.63. The molecular formula is C12H18N3O3+. The predicted molar refractivity (Wildman–Crippen MR) is 67.2 cm³/mol.